The van der Waals surface area contributed by atoms with E-state index in [0.29, 0.717) is 32.4 Å². The van der Waals surface area contributed by atoms with Crippen LogP contribution in [0.3, 0.4) is 0 Å². The van der Waals surface area contributed by atoms with E-state index in [1.54, 1.807) is 13.8 Å². The van der Waals surface area contributed by atoms with Crippen LogP contribution in [0.15, 0.2) is 0 Å². The first kappa shape index (κ1) is 39.6. The second kappa shape index (κ2) is 16.0. The van der Waals surface area contributed by atoms with Gasteiger partial charge in [0.15, 0.2) is 12.1 Å². The molecular weight excluding hydrogens is 580 g/mol. The fourth-order valence-corrected chi connectivity index (χ4v) is 9.32. The van der Waals surface area contributed by atoms with E-state index in [0.717, 1.165) is 38.5 Å². The number of nitrogens with zero attached hydrogens (tertiary/aromatic N) is 5. The molecule has 0 radical (unpaired) electrons. The second-order valence-electron chi connectivity index (χ2n) is 13.4. The van der Waals surface area contributed by atoms with Gasteiger partial charge in [0.1, 0.15) is 0 Å². The van der Waals surface area contributed by atoms with Gasteiger partial charge >= 0.3 is 12.4 Å². The van der Waals surface area contributed by atoms with E-state index >= 15 is 26.3 Å². The highest BCUT2D eigenvalue weighted by molar-refractivity contribution is 5.00. The molecule has 5 nitrogen and oxygen atoms in total. The van der Waals surface area contributed by atoms with Crippen molar-refractivity contribution < 1.29 is 31.3 Å². The maximum Gasteiger partial charge on any atom is 0.409 e. The van der Waals surface area contributed by atoms with Gasteiger partial charge in [0, 0.05) is 12.3 Å². The fraction of sp³-hybridized carbons (Fsp3) is 1.00. The molecule has 1 spiro atoms. The van der Waals surface area contributed by atoms with Gasteiger partial charge in [-0.2, -0.15) is 26.3 Å². The van der Waals surface area contributed by atoms with Crippen molar-refractivity contribution in [1.82, 2.24) is 20.0 Å². The van der Waals surface area contributed by atoms with Gasteiger partial charge in [0.05, 0.1) is 37.8 Å². The van der Waals surface area contributed by atoms with E-state index in [4.69, 9.17) is 0 Å². The van der Waals surface area contributed by atoms with Crippen molar-refractivity contribution in [1.29, 1.82) is 0 Å². The summed E-state index contributed by atoms with van der Waals surface area (Å²) in [5, 5.41) is 6.78. The molecule has 0 aliphatic carbocycles. The summed E-state index contributed by atoms with van der Waals surface area (Å²) in [5.41, 5.74) is -0.987. The number of hydrogen-bond acceptors (Lipinski definition) is 4. The van der Waals surface area contributed by atoms with Crippen molar-refractivity contribution in [2.24, 2.45) is 17.8 Å². The van der Waals surface area contributed by atoms with Gasteiger partial charge in [-0.1, -0.05) is 99.1 Å². The minimum absolute atomic E-state index is 0.0318. The van der Waals surface area contributed by atoms with E-state index in [9.17, 15) is 0 Å². The molecular formula is C33H64F6N5+. The molecule has 0 N–H and O–H groups in total. The van der Waals surface area contributed by atoms with Crippen molar-refractivity contribution in [3.05, 3.63) is 0 Å². The maximum absolute atomic E-state index is 15.7. The molecule has 0 aromatic heterocycles. The molecule has 0 saturated carbocycles. The second-order valence-corrected chi connectivity index (χ2v) is 13.4. The molecule has 2 rings (SSSR count). The Kier molecular flexibility index (Phi) is 14.4. The van der Waals surface area contributed by atoms with Crippen LogP contribution in [0.5, 0.6) is 0 Å². The molecule has 11 heteroatoms. The van der Waals surface area contributed by atoms with Crippen LogP contribution in [0.2, 0.25) is 0 Å². The molecule has 2 aliphatic heterocycles. The van der Waals surface area contributed by atoms with Crippen molar-refractivity contribution >= 4 is 0 Å². The van der Waals surface area contributed by atoms with Crippen molar-refractivity contribution in [3.8, 4) is 0 Å². The van der Waals surface area contributed by atoms with Crippen LogP contribution in [0.1, 0.15) is 133 Å². The largest absolute Gasteiger partial charge is 0.409 e. The zero-order chi connectivity index (χ0) is 33.7. The average Bonchev–Trinajstić information content (AvgIpc) is 2.94. The van der Waals surface area contributed by atoms with Crippen LogP contribution in [0.25, 0.3) is 0 Å². The molecule has 0 aromatic carbocycles. The summed E-state index contributed by atoms with van der Waals surface area (Å²) in [7, 11) is 0. The first-order valence-corrected chi connectivity index (χ1v) is 17.7. The number of quaternary nitrogens is 1. The Bertz CT molecular complexity index is 856. The quantitative estimate of drug-likeness (QED) is 0.130. The topological polar surface area (TPSA) is 13.0 Å². The third kappa shape index (κ3) is 7.12. The Morgan fingerprint density at radius 3 is 1.66 bits per heavy atom. The van der Waals surface area contributed by atoms with Crippen LogP contribution in [-0.2, 0) is 0 Å². The van der Waals surface area contributed by atoms with E-state index in [1.165, 1.54) is 10.0 Å². The third-order valence-electron chi connectivity index (χ3n) is 11.0. The highest BCUT2D eigenvalue weighted by Gasteiger charge is 2.75. The SMILES string of the molecule is CCCCC(CCC)C1C(C)N(CC)[N+]2(N(CC)C(C(F)(F)F)CC(C)(C(CC)CCCC)N2CC)N(CC)C1C(F)(F)F. The number of rotatable bonds is 15. The summed E-state index contributed by atoms with van der Waals surface area (Å²) in [5.74, 6) is -1.05. The monoisotopic (exact) mass is 645 g/mol. The van der Waals surface area contributed by atoms with Gasteiger partial charge in [0.2, 0.25) is 0 Å². The Labute approximate surface area is 264 Å². The Hall–Kier alpha value is -0.620. The molecule has 2 saturated heterocycles. The zero-order valence-electron chi connectivity index (χ0n) is 29.4. The number of hydrogen-bond donors (Lipinski definition) is 0. The summed E-state index contributed by atoms with van der Waals surface area (Å²) in [6.07, 6.45) is -2.35. The first-order valence-electron chi connectivity index (χ1n) is 17.7. The van der Waals surface area contributed by atoms with E-state index in [1.807, 2.05) is 51.6 Å². The van der Waals surface area contributed by atoms with Crippen molar-refractivity contribution in [2.75, 3.05) is 26.2 Å². The van der Waals surface area contributed by atoms with Gasteiger partial charge in [-0.3, -0.25) is 0 Å². The third-order valence-corrected chi connectivity index (χ3v) is 11.0. The fourth-order valence-electron chi connectivity index (χ4n) is 9.32. The molecule has 44 heavy (non-hydrogen) atoms. The first-order chi connectivity index (χ1) is 20.6. The van der Waals surface area contributed by atoms with E-state index < -0.39 is 46.9 Å². The molecule has 2 aliphatic rings. The van der Waals surface area contributed by atoms with E-state index in [-0.39, 0.29) is 31.3 Å². The van der Waals surface area contributed by atoms with Gasteiger partial charge in [-0.05, 0) is 64.7 Å². The molecule has 262 valence electrons. The van der Waals surface area contributed by atoms with Crippen molar-refractivity contribution in [3.63, 3.8) is 0 Å². The molecule has 0 aromatic rings. The van der Waals surface area contributed by atoms with Crippen LogP contribution < -0.4 is 0 Å². The van der Waals surface area contributed by atoms with Crippen LogP contribution in [0.4, 0.5) is 26.3 Å². The minimum atomic E-state index is -4.62. The lowest BCUT2D eigenvalue weighted by atomic mass is 9.73. The summed E-state index contributed by atoms with van der Waals surface area (Å²) >= 11 is 0. The molecule has 2 heterocycles. The normalized spacial score (nSPS) is 33.3. The summed E-state index contributed by atoms with van der Waals surface area (Å²) < 4.78 is 93.2. The number of halogens is 6. The van der Waals surface area contributed by atoms with Crippen LogP contribution >= 0.6 is 0 Å². The highest BCUT2D eigenvalue weighted by Crippen LogP contribution is 2.55. The lowest BCUT2D eigenvalue weighted by Gasteiger charge is -2.71. The molecule has 8 unspecified atom stereocenters. The van der Waals surface area contributed by atoms with Gasteiger partial charge < -0.3 is 0 Å². The molecule has 0 amide bonds. The average molecular weight is 645 g/mol. The van der Waals surface area contributed by atoms with Crippen LogP contribution in [-0.4, -0.2) is 87.2 Å². The van der Waals surface area contributed by atoms with Crippen molar-refractivity contribution in [2.45, 2.75) is 169 Å². The lowest BCUT2D eigenvalue weighted by Crippen LogP contribution is -2.95. The van der Waals surface area contributed by atoms with Gasteiger partial charge in [-0.25, -0.2) is 0 Å². The summed E-state index contributed by atoms with van der Waals surface area (Å²) in [6, 6.07) is -4.37. The smallest absolute Gasteiger partial charge is 0.169 e. The molecule has 0 bridgehead atoms. The predicted molar refractivity (Wildman–Crippen MR) is 167 cm³/mol. The summed E-state index contributed by atoms with van der Waals surface area (Å²) in [4.78, 5) is -0.641. The molecule has 2 fully saturated rings. The summed E-state index contributed by atoms with van der Waals surface area (Å²) in [6.45, 7) is 19.7. The highest BCUT2D eigenvalue weighted by atomic mass is 19.4. The van der Waals surface area contributed by atoms with Crippen LogP contribution in [0, 0.1) is 17.8 Å². The Balaban J connectivity index is 3.08. The zero-order valence-corrected chi connectivity index (χ0v) is 29.4. The lowest BCUT2D eigenvalue weighted by molar-refractivity contribution is -1.30. The van der Waals surface area contributed by atoms with Gasteiger partial charge in [-0.15, -0.1) is 0 Å². The standard InChI is InChI=1S/C33H64F6N5/c1-11-19-22-26(21-13-3)29-25(9)40(15-5)44(42(17-7)30(29)33(37,38)39)41(16-6)28(32(34,35)36)24-31(10,43(44)18-8)27(14-4)23-20-12-2/h25-30H,11-24H2,1-10H3/q+1. The van der Waals surface area contributed by atoms with Gasteiger partial charge in [0.25, 0.3) is 0 Å². The predicted octanol–water partition coefficient (Wildman–Crippen LogP) is 9.62. The maximum atomic E-state index is 15.7. The number of unbranched alkanes of at least 4 members (excludes halogenated alkanes) is 2. The number of alkyl halides is 6. The molecule has 8 atom stereocenters. The van der Waals surface area contributed by atoms with E-state index in [2.05, 4.69) is 13.8 Å². The Morgan fingerprint density at radius 2 is 1.25 bits per heavy atom. The Morgan fingerprint density at radius 1 is 0.705 bits per heavy atom. The minimum Gasteiger partial charge on any atom is -0.169 e.